The SMILES string of the molecule is CC(N)c1ccc(-c2cnc3ccccc3c2)s1. The van der Waals surface area contributed by atoms with Crippen LogP contribution in [0.15, 0.2) is 48.7 Å². The van der Waals surface area contributed by atoms with Crippen LogP contribution < -0.4 is 5.73 Å². The molecule has 0 spiro atoms. The van der Waals surface area contributed by atoms with Crippen LogP contribution in [0.4, 0.5) is 0 Å². The summed E-state index contributed by atoms with van der Waals surface area (Å²) in [6, 6.07) is 14.7. The summed E-state index contributed by atoms with van der Waals surface area (Å²) >= 11 is 1.74. The highest BCUT2D eigenvalue weighted by atomic mass is 32.1. The van der Waals surface area contributed by atoms with Crippen LogP contribution in [0.1, 0.15) is 17.8 Å². The first kappa shape index (κ1) is 11.4. The summed E-state index contributed by atoms with van der Waals surface area (Å²) in [5, 5.41) is 1.17. The van der Waals surface area contributed by atoms with Crippen LogP contribution in [0.3, 0.4) is 0 Å². The average Bonchev–Trinajstić information content (AvgIpc) is 2.88. The Balaban J connectivity index is 2.07. The lowest BCUT2D eigenvalue weighted by molar-refractivity contribution is 0.838. The van der Waals surface area contributed by atoms with E-state index in [0.717, 1.165) is 11.1 Å². The van der Waals surface area contributed by atoms with Crippen molar-refractivity contribution in [2.24, 2.45) is 5.73 Å². The van der Waals surface area contributed by atoms with Gasteiger partial charge in [-0.1, -0.05) is 18.2 Å². The highest BCUT2D eigenvalue weighted by Gasteiger charge is 2.07. The fourth-order valence-corrected chi connectivity index (χ4v) is 2.90. The van der Waals surface area contributed by atoms with E-state index >= 15 is 0 Å². The molecule has 0 bridgehead atoms. The zero-order chi connectivity index (χ0) is 12.5. The molecule has 90 valence electrons. The summed E-state index contributed by atoms with van der Waals surface area (Å²) in [6.07, 6.45) is 1.93. The van der Waals surface area contributed by atoms with E-state index in [-0.39, 0.29) is 6.04 Å². The Bertz CT molecular complexity index is 686. The van der Waals surface area contributed by atoms with Crippen LogP contribution in [0.5, 0.6) is 0 Å². The van der Waals surface area contributed by atoms with E-state index in [4.69, 9.17) is 5.73 Å². The number of nitrogens with zero attached hydrogens (tertiary/aromatic N) is 1. The van der Waals surface area contributed by atoms with Gasteiger partial charge in [-0.15, -0.1) is 11.3 Å². The molecule has 0 radical (unpaired) electrons. The third-order valence-electron chi connectivity index (χ3n) is 2.95. The number of hydrogen-bond donors (Lipinski definition) is 1. The van der Waals surface area contributed by atoms with Gasteiger partial charge in [0.25, 0.3) is 0 Å². The van der Waals surface area contributed by atoms with Gasteiger partial charge in [0.15, 0.2) is 0 Å². The predicted octanol–water partition coefficient (Wildman–Crippen LogP) is 3.98. The Morgan fingerprint density at radius 3 is 2.78 bits per heavy atom. The van der Waals surface area contributed by atoms with Gasteiger partial charge in [-0.3, -0.25) is 4.98 Å². The predicted molar refractivity (Wildman–Crippen MR) is 77.7 cm³/mol. The van der Waals surface area contributed by atoms with E-state index < -0.39 is 0 Å². The van der Waals surface area contributed by atoms with Crippen LogP contribution in [0, 0.1) is 0 Å². The molecule has 18 heavy (non-hydrogen) atoms. The molecule has 1 atom stereocenters. The molecule has 0 amide bonds. The van der Waals surface area contributed by atoms with Gasteiger partial charge in [0.05, 0.1) is 5.52 Å². The van der Waals surface area contributed by atoms with Crippen molar-refractivity contribution in [2.45, 2.75) is 13.0 Å². The number of hydrogen-bond acceptors (Lipinski definition) is 3. The number of pyridine rings is 1. The lowest BCUT2D eigenvalue weighted by Gasteiger charge is -2.01. The van der Waals surface area contributed by atoms with Crippen molar-refractivity contribution in [2.75, 3.05) is 0 Å². The summed E-state index contributed by atoms with van der Waals surface area (Å²) in [5.41, 5.74) is 8.08. The standard InChI is InChI=1S/C15H14N2S/c1-10(16)14-6-7-15(18-14)12-8-11-4-2-3-5-13(11)17-9-12/h2-10H,16H2,1H3. The second kappa shape index (κ2) is 4.52. The lowest BCUT2D eigenvalue weighted by Crippen LogP contribution is -2.01. The maximum Gasteiger partial charge on any atom is 0.0702 e. The molecule has 0 aliphatic carbocycles. The number of rotatable bonds is 2. The van der Waals surface area contributed by atoms with Crippen molar-refractivity contribution in [3.8, 4) is 10.4 Å². The maximum absolute atomic E-state index is 5.89. The van der Waals surface area contributed by atoms with Crippen LogP contribution in [0.25, 0.3) is 21.3 Å². The molecule has 2 nitrogen and oxygen atoms in total. The molecular weight excluding hydrogens is 240 g/mol. The van der Waals surface area contributed by atoms with E-state index in [1.54, 1.807) is 11.3 Å². The summed E-state index contributed by atoms with van der Waals surface area (Å²) in [5.74, 6) is 0. The number of nitrogens with two attached hydrogens (primary N) is 1. The van der Waals surface area contributed by atoms with Crippen LogP contribution in [-0.2, 0) is 0 Å². The largest absolute Gasteiger partial charge is 0.324 e. The van der Waals surface area contributed by atoms with Gasteiger partial charge in [0.1, 0.15) is 0 Å². The molecule has 0 fully saturated rings. The summed E-state index contributed by atoms with van der Waals surface area (Å²) in [7, 11) is 0. The number of benzene rings is 1. The van der Waals surface area contributed by atoms with Crippen LogP contribution in [0.2, 0.25) is 0 Å². The topological polar surface area (TPSA) is 38.9 Å². The molecule has 1 unspecified atom stereocenters. The highest BCUT2D eigenvalue weighted by molar-refractivity contribution is 7.15. The van der Waals surface area contributed by atoms with Gasteiger partial charge in [-0.2, -0.15) is 0 Å². The van der Waals surface area contributed by atoms with Gasteiger partial charge >= 0.3 is 0 Å². The molecule has 1 aromatic carbocycles. The van der Waals surface area contributed by atoms with E-state index in [0.29, 0.717) is 0 Å². The summed E-state index contributed by atoms with van der Waals surface area (Å²) < 4.78 is 0. The number of para-hydroxylation sites is 1. The molecule has 0 saturated heterocycles. The van der Waals surface area contributed by atoms with Gasteiger partial charge in [0, 0.05) is 32.9 Å². The first-order valence-electron chi connectivity index (χ1n) is 5.94. The Kier molecular flexibility index (Phi) is 2.86. The van der Waals surface area contributed by atoms with Gasteiger partial charge in [-0.25, -0.2) is 0 Å². The Morgan fingerprint density at radius 1 is 1.17 bits per heavy atom. The average molecular weight is 254 g/mol. The minimum Gasteiger partial charge on any atom is -0.324 e. The van der Waals surface area contributed by atoms with E-state index in [9.17, 15) is 0 Å². The maximum atomic E-state index is 5.89. The normalized spacial score (nSPS) is 12.8. The second-order valence-electron chi connectivity index (χ2n) is 4.41. The van der Waals surface area contributed by atoms with Crippen LogP contribution in [-0.4, -0.2) is 4.98 Å². The fraction of sp³-hybridized carbons (Fsp3) is 0.133. The third kappa shape index (κ3) is 2.03. The molecule has 3 rings (SSSR count). The van der Waals surface area contributed by atoms with Crippen molar-refractivity contribution in [3.05, 3.63) is 53.5 Å². The van der Waals surface area contributed by atoms with Gasteiger partial charge < -0.3 is 5.73 Å². The van der Waals surface area contributed by atoms with Crippen molar-refractivity contribution in [3.63, 3.8) is 0 Å². The molecule has 0 saturated carbocycles. The van der Waals surface area contributed by atoms with Gasteiger partial charge in [-0.05, 0) is 31.2 Å². The van der Waals surface area contributed by atoms with Gasteiger partial charge in [0.2, 0.25) is 0 Å². The molecule has 0 aliphatic rings. The summed E-state index contributed by atoms with van der Waals surface area (Å²) in [4.78, 5) is 6.92. The molecule has 2 aromatic heterocycles. The first-order chi connectivity index (χ1) is 8.74. The summed E-state index contributed by atoms with van der Waals surface area (Å²) in [6.45, 7) is 2.01. The minimum atomic E-state index is 0.0946. The monoisotopic (exact) mass is 254 g/mol. The number of thiophene rings is 1. The zero-order valence-corrected chi connectivity index (χ0v) is 10.9. The second-order valence-corrected chi connectivity index (χ2v) is 5.52. The van der Waals surface area contributed by atoms with Crippen molar-refractivity contribution in [1.82, 2.24) is 4.98 Å². The van der Waals surface area contributed by atoms with Crippen molar-refractivity contribution in [1.29, 1.82) is 0 Å². The van der Waals surface area contributed by atoms with E-state index in [2.05, 4.69) is 29.2 Å². The lowest BCUT2D eigenvalue weighted by atomic mass is 10.1. The number of aromatic nitrogens is 1. The smallest absolute Gasteiger partial charge is 0.0702 e. The van der Waals surface area contributed by atoms with Crippen molar-refractivity contribution < 1.29 is 0 Å². The Morgan fingerprint density at radius 2 is 2.00 bits per heavy atom. The van der Waals surface area contributed by atoms with E-state index in [1.807, 2.05) is 31.3 Å². The third-order valence-corrected chi connectivity index (χ3v) is 4.29. The molecule has 3 aromatic rings. The molecule has 2 heterocycles. The minimum absolute atomic E-state index is 0.0946. The Labute approximate surface area is 110 Å². The van der Waals surface area contributed by atoms with Crippen LogP contribution >= 0.6 is 11.3 Å². The molecule has 2 N–H and O–H groups in total. The molecule has 3 heteroatoms. The molecular formula is C15H14N2S. The highest BCUT2D eigenvalue weighted by Crippen LogP contribution is 2.31. The fourth-order valence-electron chi connectivity index (χ4n) is 1.96. The first-order valence-corrected chi connectivity index (χ1v) is 6.76. The van der Waals surface area contributed by atoms with E-state index in [1.165, 1.54) is 15.1 Å². The Hall–Kier alpha value is -1.71. The van der Waals surface area contributed by atoms with Crippen molar-refractivity contribution >= 4 is 22.2 Å². The quantitative estimate of drug-likeness (QED) is 0.751. The zero-order valence-electron chi connectivity index (χ0n) is 10.1. The number of fused-ring (bicyclic) bond motifs is 1. The molecule has 0 aliphatic heterocycles.